The van der Waals surface area contributed by atoms with E-state index in [9.17, 15) is 9.90 Å². The summed E-state index contributed by atoms with van der Waals surface area (Å²) in [6.07, 6.45) is 1.24. The Kier molecular flexibility index (Phi) is 7.13. The van der Waals surface area contributed by atoms with Gasteiger partial charge in [0.2, 0.25) is 0 Å². The third-order valence-electron chi connectivity index (χ3n) is 2.99. The largest absolute Gasteiger partial charge is 0.506 e. The van der Waals surface area contributed by atoms with E-state index < -0.39 is 5.91 Å². The summed E-state index contributed by atoms with van der Waals surface area (Å²) >= 11 is 18.4. The number of halogens is 4. The third kappa shape index (κ3) is 5.60. The highest BCUT2D eigenvalue weighted by Crippen LogP contribution is 2.32. The van der Waals surface area contributed by atoms with Gasteiger partial charge in [0, 0.05) is 15.1 Å². The molecule has 2 rings (SSSR count). The van der Waals surface area contributed by atoms with Crippen LogP contribution in [0.2, 0.25) is 10.0 Å². The Morgan fingerprint density at radius 2 is 2.04 bits per heavy atom. The molecule has 25 heavy (non-hydrogen) atoms. The summed E-state index contributed by atoms with van der Waals surface area (Å²) in [5, 5.41) is 14.0. The van der Waals surface area contributed by atoms with Crippen molar-refractivity contribution in [3.8, 4) is 11.5 Å². The van der Waals surface area contributed by atoms with E-state index in [0.717, 1.165) is 14.5 Å². The molecule has 5 nitrogen and oxygen atoms in total. The van der Waals surface area contributed by atoms with E-state index in [0.29, 0.717) is 10.8 Å². The van der Waals surface area contributed by atoms with Gasteiger partial charge in [-0.05, 0) is 52.7 Å². The van der Waals surface area contributed by atoms with E-state index in [1.807, 2.05) is 19.1 Å². The molecule has 0 fully saturated rings. The molecule has 0 heterocycles. The molecule has 132 valence electrons. The van der Waals surface area contributed by atoms with Crippen molar-refractivity contribution in [2.45, 2.75) is 6.92 Å². The predicted molar refractivity (Wildman–Crippen MR) is 106 cm³/mol. The molecule has 0 bridgehead atoms. The summed E-state index contributed by atoms with van der Waals surface area (Å²) in [5.41, 5.74) is 3.46. The fourth-order valence-electron chi connectivity index (χ4n) is 1.90. The van der Waals surface area contributed by atoms with Gasteiger partial charge < -0.3 is 9.84 Å². The van der Waals surface area contributed by atoms with E-state index in [1.54, 1.807) is 0 Å². The highest BCUT2D eigenvalue weighted by atomic mass is 79.9. The number of phenolic OH excluding ortho intramolecular Hbond substituents is 1. The lowest BCUT2D eigenvalue weighted by molar-refractivity contribution is -0.123. The van der Waals surface area contributed by atoms with Crippen molar-refractivity contribution in [1.82, 2.24) is 5.43 Å². The number of phenols is 1. The van der Waals surface area contributed by atoms with Gasteiger partial charge in [-0.25, -0.2) is 5.43 Å². The second-order valence-electron chi connectivity index (χ2n) is 4.94. The van der Waals surface area contributed by atoms with Gasteiger partial charge in [-0.1, -0.05) is 39.1 Å². The first kappa shape index (κ1) is 20.0. The number of hydrogen-bond donors (Lipinski definition) is 2. The number of aromatic hydroxyl groups is 1. The Hall–Kier alpha value is -1.28. The van der Waals surface area contributed by atoms with Crippen molar-refractivity contribution in [3.63, 3.8) is 0 Å². The number of hydrogen-bond acceptors (Lipinski definition) is 4. The first-order chi connectivity index (χ1) is 11.8. The second-order valence-corrected chi connectivity index (χ2v) is 7.55. The fourth-order valence-corrected chi connectivity index (χ4v) is 3.96. The van der Waals surface area contributed by atoms with E-state index in [-0.39, 0.29) is 22.9 Å². The highest BCUT2D eigenvalue weighted by Gasteiger charge is 2.10. The van der Waals surface area contributed by atoms with Gasteiger partial charge in [-0.3, -0.25) is 4.79 Å². The minimum atomic E-state index is -0.460. The summed E-state index contributed by atoms with van der Waals surface area (Å²) in [6.45, 7) is 1.65. The zero-order chi connectivity index (χ0) is 18.6. The summed E-state index contributed by atoms with van der Waals surface area (Å²) in [4.78, 5) is 11.8. The van der Waals surface area contributed by atoms with Gasteiger partial charge in [-0.2, -0.15) is 5.10 Å². The quantitative estimate of drug-likeness (QED) is 0.436. The average Bonchev–Trinajstić information content (AvgIpc) is 2.50. The second kappa shape index (κ2) is 8.89. The molecule has 0 saturated carbocycles. The molecule has 2 N–H and O–H groups in total. The molecule has 0 radical (unpaired) electrons. The number of amides is 1. The molecular formula is C16H12Br2Cl2N2O3. The lowest BCUT2D eigenvalue weighted by atomic mass is 10.2. The molecule has 0 atom stereocenters. The zero-order valence-electron chi connectivity index (χ0n) is 12.8. The molecule has 0 saturated heterocycles. The summed E-state index contributed by atoms with van der Waals surface area (Å²) in [5.74, 6) is -0.0607. The smallest absolute Gasteiger partial charge is 0.277 e. The molecule has 2 aromatic carbocycles. The topological polar surface area (TPSA) is 70.9 Å². The zero-order valence-corrected chi connectivity index (χ0v) is 17.5. The number of aryl methyl sites for hydroxylation is 1. The number of rotatable bonds is 5. The van der Waals surface area contributed by atoms with Gasteiger partial charge in [0.25, 0.3) is 5.91 Å². The van der Waals surface area contributed by atoms with E-state index >= 15 is 0 Å². The van der Waals surface area contributed by atoms with Crippen LogP contribution < -0.4 is 10.2 Å². The molecule has 0 aromatic heterocycles. The normalized spacial score (nSPS) is 10.9. The van der Waals surface area contributed by atoms with Gasteiger partial charge in [0.05, 0.1) is 15.7 Å². The standard InChI is InChI=1S/C16H12Br2Cl2N2O3/c1-8-2-10(17)4-12(18)16(8)25-7-14(23)22-21-6-9-3-11(19)5-13(20)15(9)24/h2-6,24H,7H2,1H3,(H,22,23). The van der Waals surface area contributed by atoms with Crippen LogP contribution in [0.15, 0.2) is 38.3 Å². The Balaban J connectivity index is 1.96. The number of nitrogens with one attached hydrogen (secondary N) is 1. The van der Waals surface area contributed by atoms with Gasteiger partial charge >= 0.3 is 0 Å². The van der Waals surface area contributed by atoms with Gasteiger partial charge in [0.15, 0.2) is 6.61 Å². The van der Waals surface area contributed by atoms with Crippen molar-refractivity contribution < 1.29 is 14.6 Å². The Morgan fingerprint density at radius 3 is 2.72 bits per heavy atom. The molecule has 0 unspecified atom stereocenters. The summed E-state index contributed by atoms with van der Waals surface area (Å²) in [7, 11) is 0. The Labute approximate surface area is 171 Å². The lowest BCUT2D eigenvalue weighted by Gasteiger charge is -2.10. The number of carbonyl (C=O) groups excluding carboxylic acids is 1. The van der Waals surface area contributed by atoms with E-state index in [2.05, 4.69) is 42.4 Å². The molecule has 0 aliphatic heterocycles. The van der Waals surface area contributed by atoms with Gasteiger partial charge in [0.1, 0.15) is 11.5 Å². The maximum absolute atomic E-state index is 11.8. The highest BCUT2D eigenvalue weighted by molar-refractivity contribution is 9.11. The first-order valence-corrected chi connectivity index (χ1v) is 9.20. The van der Waals surface area contributed by atoms with Crippen molar-refractivity contribution in [2.24, 2.45) is 5.10 Å². The molecule has 9 heteroatoms. The molecule has 2 aromatic rings. The van der Waals surface area contributed by atoms with Crippen LogP contribution in [-0.2, 0) is 4.79 Å². The van der Waals surface area contributed by atoms with Crippen molar-refractivity contribution >= 4 is 67.2 Å². The van der Waals surface area contributed by atoms with E-state index in [1.165, 1.54) is 18.3 Å². The maximum atomic E-state index is 11.8. The van der Waals surface area contributed by atoms with Crippen LogP contribution in [0.5, 0.6) is 11.5 Å². The molecule has 1 amide bonds. The van der Waals surface area contributed by atoms with Crippen LogP contribution in [0.25, 0.3) is 0 Å². The van der Waals surface area contributed by atoms with Crippen molar-refractivity contribution in [1.29, 1.82) is 0 Å². The van der Waals surface area contributed by atoms with Crippen molar-refractivity contribution in [2.75, 3.05) is 6.61 Å². The monoisotopic (exact) mass is 508 g/mol. The van der Waals surface area contributed by atoms with Crippen LogP contribution in [0, 0.1) is 6.92 Å². The predicted octanol–water partition coefficient (Wildman–Crippen LogP) is 5.06. The van der Waals surface area contributed by atoms with Crippen LogP contribution in [0.4, 0.5) is 0 Å². The minimum Gasteiger partial charge on any atom is -0.506 e. The number of hydrazone groups is 1. The van der Waals surface area contributed by atoms with Crippen LogP contribution >= 0.6 is 55.1 Å². The molecule has 0 aliphatic carbocycles. The number of carbonyl (C=O) groups is 1. The summed E-state index contributed by atoms with van der Waals surface area (Å²) in [6, 6.07) is 6.57. The fraction of sp³-hybridized carbons (Fsp3) is 0.125. The maximum Gasteiger partial charge on any atom is 0.277 e. The molecular weight excluding hydrogens is 499 g/mol. The van der Waals surface area contributed by atoms with Crippen LogP contribution in [0.1, 0.15) is 11.1 Å². The van der Waals surface area contributed by atoms with E-state index in [4.69, 9.17) is 27.9 Å². The minimum absolute atomic E-state index is 0.0965. The number of benzene rings is 2. The Morgan fingerprint density at radius 1 is 1.32 bits per heavy atom. The van der Waals surface area contributed by atoms with Crippen molar-refractivity contribution in [3.05, 3.63) is 54.4 Å². The molecule has 0 spiro atoms. The average molecular weight is 511 g/mol. The number of nitrogens with zero attached hydrogens (tertiary/aromatic N) is 1. The Bertz CT molecular complexity index is 821. The number of ether oxygens (including phenoxy) is 1. The molecule has 0 aliphatic rings. The van der Waals surface area contributed by atoms with Gasteiger partial charge in [-0.15, -0.1) is 0 Å². The van der Waals surface area contributed by atoms with Crippen LogP contribution in [0.3, 0.4) is 0 Å². The lowest BCUT2D eigenvalue weighted by Crippen LogP contribution is -2.24. The first-order valence-electron chi connectivity index (χ1n) is 6.86. The SMILES string of the molecule is Cc1cc(Br)cc(Br)c1OCC(=O)NN=Cc1cc(Cl)cc(Cl)c1O. The summed E-state index contributed by atoms with van der Waals surface area (Å²) < 4.78 is 7.14. The third-order valence-corrected chi connectivity index (χ3v) is 4.55. The van der Waals surface area contributed by atoms with Crippen LogP contribution in [-0.4, -0.2) is 23.8 Å².